The summed E-state index contributed by atoms with van der Waals surface area (Å²) in [6.45, 7) is 0.303. The molecule has 0 aliphatic carbocycles. The van der Waals surface area contributed by atoms with E-state index in [1.807, 2.05) is 18.2 Å². The molecule has 1 N–H and O–H groups in total. The summed E-state index contributed by atoms with van der Waals surface area (Å²) in [5, 5.41) is 14.1. The Labute approximate surface area is 187 Å². The molecule has 0 unspecified atom stereocenters. The lowest BCUT2D eigenvalue weighted by Gasteiger charge is -2.14. The zero-order chi connectivity index (χ0) is 21.7. The Hall–Kier alpha value is -2.68. The fourth-order valence-corrected chi connectivity index (χ4v) is 4.26. The van der Waals surface area contributed by atoms with E-state index in [2.05, 4.69) is 5.32 Å². The molecular formula is C21H16ClN2O4S2-. The highest BCUT2D eigenvalue weighted by Crippen LogP contribution is 2.33. The Kier molecular flexibility index (Phi) is 7.25. The van der Waals surface area contributed by atoms with Crippen molar-refractivity contribution in [3.63, 3.8) is 0 Å². The molecule has 30 heavy (non-hydrogen) atoms. The van der Waals surface area contributed by atoms with Crippen LogP contribution in [0.2, 0.25) is 5.02 Å². The van der Waals surface area contributed by atoms with Crippen LogP contribution in [0.25, 0.3) is 6.08 Å². The second-order valence-electron chi connectivity index (χ2n) is 6.37. The molecule has 2 amide bonds. The van der Waals surface area contributed by atoms with Crippen LogP contribution in [-0.4, -0.2) is 33.5 Å². The monoisotopic (exact) mass is 459 g/mol. The van der Waals surface area contributed by atoms with E-state index in [-0.39, 0.29) is 23.8 Å². The van der Waals surface area contributed by atoms with E-state index in [1.165, 1.54) is 34.9 Å². The van der Waals surface area contributed by atoms with Crippen LogP contribution >= 0.6 is 35.6 Å². The number of aromatic carboxylic acids is 1. The first-order valence-corrected chi connectivity index (χ1v) is 10.6. The van der Waals surface area contributed by atoms with Crippen molar-refractivity contribution in [2.45, 2.75) is 12.8 Å². The van der Waals surface area contributed by atoms with Crippen LogP contribution in [0.3, 0.4) is 0 Å². The molecule has 2 aromatic rings. The molecule has 1 aliphatic heterocycles. The summed E-state index contributed by atoms with van der Waals surface area (Å²) < 4.78 is 0.431. The zero-order valence-electron chi connectivity index (χ0n) is 15.6. The number of rotatable bonds is 7. The van der Waals surface area contributed by atoms with Crippen molar-refractivity contribution in [1.29, 1.82) is 0 Å². The van der Waals surface area contributed by atoms with Gasteiger partial charge in [0.2, 0.25) is 5.91 Å². The van der Waals surface area contributed by atoms with Gasteiger partial charge in [-0.1, -0.05) is 65.9 Å². The van der Waals surface area contributed by atoms with Gasteiger partial charge in [-0.15, -0.1) is 0 Å². The van der Waals surface area contributed by atoms with Gasteiger partial charge in [0.25, 0.3) is 5.91 Å². The number of halogens is 1. The normalized spacial score (nSPS) is 15.0. The van der Waals surface area contributed by atoms with Gasteiger partial charge >= 0.3 is 0 Å². The number of carbonyl (C=O) groups is 3. The number of nitrogens with one attached hydrogen (secondary N) is 1. The second kappa shape index (κ2) is 9.88. The van der Waals surface area contributed by atoms with Gasteiger partial charge in [0, 0.05) is 23.7 Å². The summed E-state index contributed by atoms with van der Waals surface area (Å²) in [5.74, 6) is -1.82. The van der Waals surface area contributed by atoms with Gasteiger partial charge in [-0.25, -0.2) is 0 Å². The highest BCUT2D eigenvalue weighted by atomic mass is 35.5. The van der Waals surface area contributed by atoms with E-state index in [9.17, 15) is 19.5 Å². The number of thiocarbonyl (C=S) groups is 1. The van der Waals surface area contributed by atoms with Gasteiger partial charge < -0.3 is 15.2 Å². The van der Waals surface area contributed by atoms with Crippen LogP contribution in [0.5, 0.6) is 0 Å². The number of benzene rings is 2. The van der Waals surface area contributed by atoms with Crippen molar-refractivity contribution >= 4 is 69.4 Å². The summed E-state index contributed by atoms with van der Waals surface area (Å²) >= 11 is 12.6. The van der Waals surface area contributed by atoms with Crippen LogP contribution in [0, 0.1) is 0 Å². The smallest absolute Gasteiger partial charge is 0.266 e. The first kappa shape index (κ1) is 22.0. The number of hydrogen-bond acceptors (Lipinski definition) is 6. The van der Waals surface area contributed by atoms with E-state index in [0.29, 0.717) is 32.9 Å². The van der Waals surface area contributed by atoms with Crippen molar-refractivity contribution < 1.29 is 19.5 Å². The molecule has 1 fully saturated rings. The van der Waals surface area contributed by atoms with Crippen LogP contribution in [-0.2, 0) is 9.59 Å². The molecule has 2 aromatic carbocycles. The third-order valence-corrected chi connectivity index (χ3v) is 5.95. The highest BCUT2D eigenvalue weighted by Gasteiger charge is 2.31. The van der Waals surface area contributed by atoms with Gasteiger partial charge in [0.05, 0.1) is 10.9 Å². The molecule has 0 spiro atoms. The zero-order valence-corrected chi connectivity index (χ0v) is 18.0. The standard InChI is InChI=1S/C21H17ClN2O4S2/c22-16-8-2-1-5-13(16)12-17-19(26)24(21(29)30-17)10-4-9-18(25)23-15-7-3-6-14(11-15)20(27)28/h1-3,5-8,11-12H,4,9-10H2,(H,23,25)(H,27,28)/p-1/b17-12-. The predicted octanol–water partition coefficient (Wildman–Crippen LogP) is 3.32. The Balaban J connectivity index is 1.54. The average molecular weight is 460 g/mol. The van der Waals surface area contributed by atoms with E-state index in [4.69, 9.17) is 23.8 Å². The Morgan fingerprint density at radius 3 is 2.70 bits per heavy atom. The van der Waals surface area contributed by atoms with E-state index < -0.39 is 5.97 Å². The lowest BCUT2D eigenvalue weighted by molar-refractivity contribution is -0.255. The van der Waals surface area contributed by atoms with Gasteiger partial charge in [-0.3, -0.25) is 14.5 Å². The van der Waals surface area contributed by atoms with Gasteiger partial charge in [-0.05, 0) is 41.8 Å². The molecule has 1 saturated heterocycles. The van der Waals surface area contributed by atoms with Gasteiger partial charge in [0.15, 0.2) is 0 Å². The van der Waals surface area contributed by atoms with Crippen molar-refractivity contribution in [3.8, 4) is 0 Å². The summed E-state index contributed by atoms with van der Waals surface area (Å²) in [4.78, 5) is 37.6. The SMILES string of the molecule is O=C(CCCN1C(=O)/C(=C/c2ccccc2Cl)SC1=S)Nc1cccc(C(=O)[O-])c1. The fourth-order valence-electron chi connectivity index (χ4n) is 2.77. The van der Waals surface area contributed by atoms with Crippen molar-refractivity contribution in [3.05, 3.63) is 69.6 Å². The molecule has 154 valence electrons. The summed E-state index contributed by atoms with van der Waals surface area (Å²) in [5.41, 5.74) is 1.09. The number of carboxylic acid groups (broad SMARTS) is 1. The Morgan fingerprint density at radius 1 is 1.20 bits per heavy atom. The minimum Gasteiger partial charge on any atom is -0.545 e. The van der Waals surface area contributed by atoms with Crippen LogP contribution < -0.4 is 10.4 Å². The summed E-state index contributed by atoms with van der Waals surface area (Å²) in [6.07, 6.45) is 2.26. The van der Waals surface area contributed by atoms with E-state index in [1.54, 1.807) is 18.2 Å². The molecule has 6 nitrogen and oxygen atoms in total. The second-order valence-corrected chi connectivity index (χ2v) is 8.46. The number of carbonyl (C=O) groups excluding carboxylic acids is 3. The molecule has 3 rings (SSSR count). The maximum atomic E-state index is 12.6. The number of hydrogen-bond donors (Lipinski definition) is 1. The number of thioether (sulfide) groups is 1. The molecule has 1 heterocycles. The Morgan fingerprint density at radius 2 is 1.97 bits per heavy atom. The van der Waals surface area contributed by atoms with Crippen LogP contribution in [0.1, 0.15) is 28.8 Å². The van der Waals surface area contributed by atoms with Crippen LogP contribution in [0.15, 0.2) is 53.4 Å². The third kappa shape index (κ3) is 5.47. The maximum absolute atomic E-state index is 12.6. The maximum Gasteiger partial charge on any atom is 0.266 e. The molecular weight excluding hydrogens is 444 g/mol. The lowest BCUT2D eigenvalue weighted by Crippen LogP contribution is -2.29. The van der Waals surface area contributed by atoms with E-state index >= 15 is 0 Å². The first-order chi connectivity index (χ1) is 14.3. The van der Waals surface area contributed by atoms with Crippen molar-refractivity contribution in [1.82, 2.24) is 4.90 Å². The lowest BCUT2D eigenvalue weighted by atomic mass is 10.2. The van der Waals surface area contributed by atoms with E-state index in [0.717, 1.165) is 5.56 Å². The van der Waals surface area contributed by atoms with Crippen LogP contribution in [0.4, 0.5) is 5.69 Å². The molecule has 0 radical (unpaired) electrons. The molecule has 0 atom stereocenters. The number of amides is 2. The van der Waals surface area contributed by atoms with Crippen molar-refractivity contribution in [2.24, 2.45) is 0 Å². The quantitative estimate of drug-likeness (QED) is 0.504. The highest BCUT2D eigenvalue weighted by molar-refractivity contribution is 8.26. The number of anilines is 1. The minimum absolute atomic E-state index is 0.0179. The first-order valence-electron chi connectivity index (χ1n) is 8.96. The molecule has 0 aromatic heterocycles. The molecule has 1 aliphatic rings. The summed E-state index contributed by atoms with van der Waals surface area (Å²) in [7, 11) is 0. The Bertz CT molecular complexity index is 1050. The topological polar surface area (TPSA) is 89.5 Å². The average Bonchev–Trinajstić information content (AvgIpc) is 2.97. The molecule has 0 bridgehead atoms. The number of carboxylic acids is 1. The number of nitrogens with zero attached hydrogens (tertiary/aromatic N) is 1. The summed E-state index contributed by atoms with van der Waals surface area (Å²) in [6, 6.07) is 13.0. The largest absolute Gasteiger partial charge is 0.545 e. The molecule has 0 saturated carbocycles. The third-order valence-electron chi connectivity index (χ3n) is 4.23. The molecule has 9 heteroatoms. The van der Waals surface area contributed by atoms with Gasteiger partial charge in [0.1, 0.15) is 4.32 Å². The fraction of sp³-hybridized carbons (Fsp3) is 0.143. The van der Waals surface area contributed by atoms with Crippen molar-refractivity contribution in [2.75, 3.05) is 11.9 Å². The predicted molar refractivity (Wildman–Crippen MR) is 120 cm³/mol. The van der Waals surface area contributed by atoms with Gasteiger partial charge in [-0.2, -0.15) is 0 Å². The minimum atomic E-state index is -1.31.